The van der Waals surface area contributed by atoms with Crippen molar-refractivity contribution in [3.8, 4) is 0 Å². The molecule has 4 aromatic rings. The summed E-state index contributed by atoms with van der Waals surface area (Å²) < 4.78 is 1.80. The molecule has 3 aromatic heterocycles. The lowest BCUT2D eigenvalue weighted by molar-refractivity contribution is 0.0746. The largest absolute Gasteiger partial charge is 0.336 e. The first-order valence-electron chi connectivity index (χ1n) is 10.4. The number of aromatic amines is 1. The van der Waals surface area contributed by atoms with Crippen LogP contribution in [-0.2, 0) is 0 Å². The summed E-state index contributed by atoms with van der Waals surface area (Å²) in [5, 5.41) is 15.6. The SMILES string of the molecule is Cc1ccc(C(=O)N2CCN(c3nc(Nc4cc(C)[nH]n4)c4cccn4n3)CC2)c(Cl)c1. The summed E-state index contributed by atoms with van der Waals surface area (Å²) in [7, 11) is 0. The normalized spacial score (nSPS) is 14.2. The Labute approximate surface area is 190 Å². The van der Waals surface area contributed by atoms with Gasteiger partial charge in [0.2, 0.25) is 5.95 Å². The highest BCUT2D eigenvalue weighted by molar-refractivity contribution is 6.33. The van der Waals surface area contributed by atoms with E-state index >= 15 is 0 Å². The third-order valence-corrected chi connectivity index (χ3v) is 5.85. The zero-order valence-corrected chi connectivity index (χ0v) is 18.6. The van der Waals surface area contributed by atoms with E-state index in [1.165, 1.54) is 0 Å². The number of aryl methyl sites for hydroxylation is 2. The molecular formula is C22H23ClN8O. The van der Waals surface area contributed by atoms with Gasteiger partial charge in [-0.1, -0.05) is 17.7 Å². The first-order chi connectivity index (χ1) is 15.5. The summed E-state index contributed by atoms with van der Waals surface area (Å²) in [6.07, 6.45) is 1.89. The van der Waals surface area contributed by atoms with E-state index in [1.807, 2.05) is 55.3 Å². The number of amides is 1. The van der Waals surface area contributed by atoms with Gasteiger partial charge in [0, 0.05) is 44.1 Å². The van der Waals surface area contributed by atoms with Crippen LogP contribution in [0.5, 0.6) is 0 Å². The summed E-state index contributed by atoms with van der Waals surface area (Å²) in [5.41, 5.74) is 3.39. The molecule has 1 saturated heterocycles. The number of carbonyl (C=O) groups is 1. The van der Waals surface area contributed by atoms with Gasteiger partial charge in [-0.15, -0.1) is 5.10 Å². The average molecular weight is 451 g/mol. The fourth-order valence-electron chi connectivity index (χ4n) is 3.83. The van der Waals surface area contributed by atoms with Crippen molar-refractivity contribution in [1.29, 1.82) is 0 Å². The molecule has 10 heteroatoms. The standard InChI is InChI=1S/C22H23ClN8O/c1-14-5-6-16(17(23)12-14)21(32)29-8-10-30(11-9-29)22-25-20(18-4-3-7-31(18)28-22)24-19-13-15(2)26-27-19/h3-7,12-13H,8-11H2,1-2H3,(H2,24,25,26,27,28). The number of benzene rings is 1. The van der Waals surface area contributed by atoms with E-state index < -0.39 is 0 Å². The molecule has 0 bridgehead atoms. The third-order valence-electron chi connectivity index (χ3n) is 5.54. The molecule has 0 aliphatic carbocycles. The number of nitrogens with one attached hydrogen (secondary N) is 2. The first-order valence-corrected chi connectivity index (χ1v) is 10.8. The minimum atomic E-state index is -0.0484. The van der Waals surface area contributed by atoms with E-state index in [9.17, 15) is 4.79 Å². The number of halogens is 1. The van der Waals surface area contributed by atoms with Crippen molar-refractivity contribution < 1.29 is 4.79 Å². The number of rotatable bonds is 4. The molecule has 1 aromatic carbocycles. The zero-order valence-electron chi connectivity index (χ0n) is 17.8. The highest BCUT2D eigenvalue weighted by Crippen LogP contribution is 2.24. The highest BCUT2D eigenvalue weighted by Gasteiger charge is 2.25. The molecule has 1 aliphatic rings. The van der Waals surface area contributed by atoms with Crippen molar-refractivity contribution in [2.45, 2.75) is 13.8 Å². The maximum absolute atomic E-state index is 12.9. The van der Waals surface area contributed by atoms with Gasteiger partial charge in [-0.2, -0.15) is 10.1 Å². The summed E-state index contributed by atoms with van der Waals surface area (Å²) >= 11 is 6.30. The lowest BCUT2D eigenvalue weighted by atomic mass is 10.1. The number of nitrogens with zero attached hydrogens (tertiary/aromatic N) is 6. The topological polar surface area (TPSA) is 94.5 Å². The molecule has 9 nitrogen and oxygen atoms in total. The van der Waals surface area contributed by atoms with Crippen LogP contribution in [-0.4, -0.2) is 61.8 Å². The van der Waals surface area contributed by atoms with Crippen molar-refractivity contribution >= 4 is 40.6 Å². The lowest BCUT2D eigenvalue weighted by Gasteiger charge is -2.35. The van der Waals surface area contributed by atoms with E-state index in [1.54, 1.807) is 10.6 Å². The van der Waals surface area contributed by atoms with Crippen molar-refractivity contribution in [2.75, 3.05) is 36.4 Å². The molecule has 0 radical (unpaired) electrons. The zero-order chi connectivity index (χ0) is 22.2. The summed E-state index contributed by atoms with van der Waals surface area (Å²) in [4.78, 5) is 21.6. The van der Waals surface area contributed by atoms with E-state index in [-0.39, 0.29) is 5.91 Å². The van der Waals surface area contributed by atoms with Gasteiger partial charge in [0.25, 0.3) is 5.91 Å². The Kier molecular flexibility index (Phi) is 5.18. The number of fused-ring (bicyclic) bond motifs is 1. The maximum Gasteiger partial charge on any atom is 0.255 e. The number of carbonyl (C=O) groups excluding carboxylic acids is 1. The van der Waals surface area contributed by atoms with Gasteiger partial charge in [0.05, 0.1) is 10.6 Å². The van der Waals surface area contributed by atoms with E-state index in [4.69, 9.17) is 16.6 Å². The molecule has 1 amide bonds. The summed E-state index contributed by atoms with van der Waals surface area (Å²) in [6.45, 7) is 6.29. The summed E-state index contributed by atoms with van der Waals surface area (Å²) in [5.74, 6) is 1.92. The number of aromatic nitrogens is 5. The van der Waals surface area contributed by atoms with Crippen molar-refractivity contribution in [3.05, 3.63) is 64.4 Å². The highest BCUT2D eigenvalue weighted by atomic mass is 35.5. The van der Waals surface area contributed by atoms with E-state index in [2.05, 4.69) is 25.5 Å². The predicted molar refractivity (Wildman–Crippen MR) is 124 cm³/mol. The smallest absolute Gasteiger partial charge is 0.255 e. The second kappa shape index (κ2) is 8.16. The van der Waals surface area contributed by atoms with Crippen molar-refractivity contribution in [1.82, 2.24) is 29.7 Å². The van der Waals surface area contributed by atoms with Crippen LogP contribution >= 0.6 is 11.6 Å². The Hall–Kier alpha value is -3.59. The maximum atomic E-state index is 12.9. The fraction of sp³-hybridized carbons (Fsp3) is 0.273. The molecule has 1 fully saturated rings. The second-order valence-electron chi connectivity index (χ2n) is 7.92. The molecule has 4 heterocycles. The quantitative estimate of drug-likeness (QED) is 0.494. The van der Waals surface area contributed by atoms with Gasteiger partial charge in [0.15, 0.2) is 11.6 Å². The molecule has 2 N–H and O–H groups in total. The molecular weight excluding hydrogens is 428 g/mol. The molecule has 5 rings (SSSR count). The van der Waals surface area contributed by atoms with E-state index in [0.29, 0.717) is 54.3 Å². The third kappa shape index (κ3) is 3.87. The van der Waals surface area contributed by atoms with Gasteiger partial charge in [-0.05, 0) is 43.7 Å². The van der Waals surface area contributed by atoms with Gasteiger partial charge < -0.3 is 15.1 Å². The minimum absolute atomic E-state index is 0.0484. The molecule has 164 valence electrons. The average Bonchev–Trinajstić information content (AvgIpc) is 3.42. The lowest BCUT2D eigenvalue weighted by Crippen LogP contribution is -2.49. The minimum Gasteiger partial charge on any atom is -0.336 e. The van der Waals surface area contributed by atoms with Gasteiger partial charge in [-0.25, -0.2) is 4.52 Å². The number of hydrogen-bond donors (Lipinski definition) is 2. The Morgan fingerprint density at radius 1 is 1.12 bits per heavy atom. The Morgan fingerprint density at radius 3 is 2.66 bits per heavy atom. The number of piperazine rings is 1. The van der Waals surface area contributed by atoms with Crippen LogP contribution in [0.2, 0.25) is 5.02 Å². The molecule has 1 aliphatic heterocycles. The Morgan fingerprint density at radius 2 is 1.94 bits per heavy atom. The molecule has 0 spiro atoms. The first kappa shape index (κ1) is 20.3. The Balaban J connectivity index is 1.34. The number of anilines is 3. The molecule has 0 unspecified atom stereocenters. The van der Waals surface area contributed by atoms with Crippen LogP contribution in [0, 0.1) is 13.8 Å². The van der Waals surface area contributed by atoms with Crippen LogP contribution in [0.25, 0.3) is 5.52 Å². The fourth-order valence-corrected chi connectivity index (χ4v) is 4.14. The molecule has 0 atom stereocenters. The van der Waals surface area contributed by atoms with Gasteiger partial charge >= 0.3 is 0 Å². The number of hydrogen-bond acceptors (Lipinski definition) is 6. The molecule has 32 heavy (non-hydrogen) atoms. The van der Waals surface area contributed by atoms with Crippen LogP contribution in [0.4, 0.5) is 17.6 Å². The second-order valence-corrected chi connectivity index (χ2v) is 8.33. The van der Waals surface area contributed by atoms with Gasteiger partial charge in [0.1, 0.15) is 5.52 Å². The van der Waals surface area contributed by atoms with Crippen LogP contribution in [0.3, 0.4) is 0 Å². The van der Waals surface area contributed by atoms with Crippen LogP contribution in [0.1, 0.15) is 21.6 Å². The summed E-state index contributed by atoms with van der Waals surface area (Å²) in [6, 6.07) is 11.3. The Bertz CT molecular complexity index is 1290. The monoisotopic (exact) mass is 450 g/mol. The number of H-pyrrole nitrogens is 1. The van der Waals surface area contributed by atoms with E-state index in [0.717, 1.165) is 16.8 Å². The van der Waals surface area contributed by atoms with Crippen molar-refractivity contribution in [3.63, 3.8) is 0 Å². The van der Waals surface area contributed by atoms with Crippen LogP contribution < -0.4 is 10.2 Å². The van der Waals surface area contributed by atoms with Crippen molar-refractivity contribution in [2.24, 2.45) is 0 Å². The van der Waals surface area contributed by atoms with Crippen LogP contribution in [0.15, 0.2) is 42.6 Å². The van der Waals surface area contributed by atoms with Gasteiger partial charge in [-0.3, -0.25) is 9.89 Å². The predicted octanol–water partition coefficient (Wildman–Crippen LogP) is 3.43. The molecule has 0 saturated carbocycles.